The van der Waals surface area contributed by atoms with Crippen LogP contribution in [0, 0.1) is 11.8 Å². The highest BCUT2D eigenvalue weighted by atomic mass is 35.5. The first-order valence-corrected chi connectivity index (χ1v) is 30.0. The Morgan fingerprint density at radius 3 is 1.89 bits per heavy atom. The minimum atomic E-state index is -1.08. The fourth-order valence-corrected chi connectivity index (χ4v) is 16.9. The van der Waals surface area contributed by atoms with Gasteiger partial charge in [-0.05, 0) is 121 Å². The van der Waals surface area contributed by atoms with Crippen molar-refractivity contribution in [1.82, 2.24) is 10.6 Å². The van der Waals surface area contributed by atoms with E-state index in [0.717, 1.165) is 74.6 Å². The van der Waals surface area contributed by atoms with Crippen molar-refractivity contribution >= 4 is 34.4 Å². The Balaban J connectivity index is 0.000000181. The number of benzene rings is 5. The van der Waals surface area contributed by atoms with Gasteiger partial charge in [-0.1, -0.05) is 80.2 Å². The molecule has 2 amide bonds. The van der Waals surface area contributed by atoms with E-state index in [2.05, 4.69) is 67.2 Å². The summed E-state index contributed by atoms with van der Waals surface area (Å²) < 4.78 is 6.23. The van der Waals surface area contributed by atoms with E-state index >= 15 is 0 Å². The summed E-state index contributed by atoms with van der Waals surface area (Å²) in [6.45, 7) is 2.79. The van der Waals surface area contributed by atoms with Gasteiger partial charge in [0.05, 0.1) is 50.6 Å². The average molecular weight is 1180 g/mol. The fraction of sp³-hybridized carbons (Fsp3) is 0.478. The minimum Gasteiger partial charge on any atom is -1.00 e. The molecule has 7 N–H and O–H groups in total. The number of likely N-dealkylation sites (tertiary alicyclic amines) is 2. The summed E-state index contributed by atoms with van der Waals surface area (Å²) in [4.78, 5) is 54.0. The largest absolute Gasteiger partial charge is 1.00 e. The van der Waals surface area contributed by atoms with Gasteiger partial charge in [0.25, 0.3) is 11.8 Å². The highest BCUT2D eigenvalue weighted by Gasteiger charge is 2.71. The van der Waals surface area contributed by atoms with Gasteiger partial charge in [-0.2, -0.15) is 0 Å². The van der Waals surface area contributed by atoms with Gasteiger partial charge < -0.3 is 69.7 Å². The molecule has 6 fully saturated rings. The molecule has 0 radical (unpaired) electrons. The summed E-state index contributed by atoms with van der Waals surface area (Å²) in [5, 5.41) is 55.3. The highest BCUT2D eigenvalue weighted by Crippen LogP contribution is 2.62. The number of halogens is 2. The number of aromatic hydroxyl groups is 2. The summed E-state index contributed by atoms with van der Waals surface area (Å²) in [7, 11) is 4.48. The van der Waals surface area contributed by atoms with Gasteiger partial charge in [-0.15, -0.1) is 0 Å². The summed E-state index contributed by atoms with van der Waals surface area (Å²) in [6.07, 6.45) is 13.8. The van der Waals surface area contributed by atoms with Crippen molar-refractivity contribution in [1.29, 1.82) is 0 Å². The number of ketones is 2. The van der Waals surface area contributed by atoms with Crippen molar-refractivity contribution in [3.8, 4) is 22.6 Å². The predicted molar refractivity (Wildman–Crippen MR) is 315 cm³/mol. The Morgan fingerprint density at radius 1 is 0.679 bits per heavy atom. The second-order valence-corrected chi connectivity index (χ2v) is 26.2. The molecule has 4 saturated carbocycles. The Bertz CT molecular complexity index is 3470. The van der Waals surface area contributed by atoms with E-state index in [1.54, 1.807) is 18.4 Å². The Morgan fingerprint density at radius 2 is 1.25 bits per heavy atom. The van der Waals surface area contributed by atoms with Crippen LogP contribution in [0.4, 0.5) is 0 Å². The van der Waals surface area contributed by atoms with Gasteiger partial charge in [-0.3, -0.25) is 19.2 Å². The molecule has 2 saturated heterocycles. The maximum absolute atomic E-state index is 13.4. The first-order chi connectivity index (χ1) is 39.0. The molecule has 1 aromatic heterocycles. The number of aliphatic hydroxyl groups is 2. The molecule has 3 heterocycles. The number of piperidine rings is 2. The number of likely N-dealkylation sites (N-methyl/N-ethyl adjacent to an activating group) is 2. The molecule has 6 aliphatic carbocycles. The number of amides is 2. The third-order valence-corrected chi connectivity index (χ3v) is 21.4. The van der Waals surface area contributed by atoms with Crippen LogP contribution in [0.3, 0.4) is 0 Å². The van der Waals surface area contributed by atoms with Crippen LogP contribution >= 0.6 is 0 Å². The van der Waals surface area contributed by atoms with Crippen molar-refractivity contribution in [3.05, 3.63) is 154 Å². The monoisotopic (exact) mass is 1180 g/mol. The van der Waals surface area contributed by atoms with Crippen molar-refractivity contribution in [2.24, 2.45) is 11.8 Å². The van der Waals surface area contributed by atoms with Crippen molar-refractivity contribution in [3.63, 3.8) is 0 Å². The lowest BCUT2D eigenvalue weighted by atomic mass is 9.48. The average Bonchev–Trinajstić information content (AvgIpc) is 0.845. The number of phenolic OH excluding ortho intramolecular Hbond substituents is 2. The number of hydrogen-bond donors (Lipinski definition) is 7. The number of phenols is 2. The van der Waals surface area contributed by atoms with E-state index in [4.69, 9.17) is 4.42 Å². The lowest BCUT2D eigenvalue weighted by Crippen LogP contribution is -3.22. The molecule has 9 atom stereocenters. The number of furan rings is 1. The number of carbonyl (C=O) groups excluding carboxylic acids is 4. The van der Waals surface area contributed by atoms with Crippen LogP contribution in [-0.4, -0.2) is 118 Å². The number of fused-ring (bicyclic) bond motifs is 3. The Labute approximate surface area is 506 Å². The summed E-state index contributed by atoms with van der Waals surface area (Å²) >= 11 is 0. The quantitative estimate of drug-likeness (QED) is 0.0853. The molecule has 8 aliphatic rings. The number of rotatable bonds is 13. The van der Waals surface area contributed by atoms with Crippen molar-refractivity contribution < 1.29 is 78.2 Å². The van der Waals surface area contributed by atoms with Crippen LogP contribution in [0.1, 0.15) is 145 Å². The molecule has 3 unspecified atom stereocenters. The molecule has 2 aliphatic heterocycles. The zero-order valence-electron chi connectivity index (χ0n) is 47.7. The summed E-state index contributed by atoms with van der Waals surface area (Å²) in [5.74, 6) is 0.952. The molecular formula is C69H82Cl2N4O9. The van der Waals surface area contributed by atoms with Gasteiger partial charge in [0.1, 0.15) is 51.9 Å². The van der Waals surface area contributed by atoms with Crippen LogP contribution in [0.5, 0.6) is 11.5 Å². The predicted octanol–water partition coefficient (Wildman–Crippen LogP) is 2.43. The second kappa shape index (κ2) is 23.3. The van der Waals surface area contributed by atoms with Gasteiger partial charge in [0.15, 0.2) is 0 Å². The normalized spacial score (nSPS) is 29.6. The van der Waals surface area contributed by atoms with Gasteiger partial charge in [-0.25, -0.2) is 0 Å². The molecule has 5 aromatic carbocycles. The lowest BCUT2D eigenvalue weighted by Gasteiger charge is -2.65. The number of Topliss-reactive ketones (excluding diaryl/α,β-unsaturated/α-hetero) is 2. The Hall–Kier alpha value is -6.06. The van der Waals surface area contributed by atoms with E-state index < -0.39 is 22.0 Å². The number of hydrogen-bond acceptors (Lipinski definition) is 9. The van der Waals surface area contributed by atoms with Crippen molar-refractivity contribution in [2.45, 2.75) is 157 Å². The SMILES string of the molecule is C.C[N+]1(CC2CC2)CC[C@]23CC(=O)CC[C@@]2(O)[C@H]1Cc1ccc(C(=O)NCCc2ccc(-c4ccccc4)cc2)c(O)c13.C[NH+]1C(CC2CC2)C[C@]23CC(=O)CC[C@@]2(O)[C@H]1Cc1ccc(C(=O)NCCc2ccc4occc4c2)c(O)c13.[Cl-].[Cl-]. The standard InChI is InChI=1S/C36H40N2O4.C32H36N2O5.CH4.2ClH/c1-38(23-25-7-8-25)20-18-35-22-29(39)15-17-36(35,42)31(38)21-28-13-14-30(33(40)32(28)35)34(41)37-19-16-24-9-11-27(12-10-24)26-5-3-2-4-6-26;1-34-23(15-19-2-3-19)17-31-18-24(35)8-11-32(31,38)27(34)16-22-5-6-25(29(36)28(22)31)30(37)33-12-9-20-4-7-26-21(14-20)10-13-39-26;;;/h2-6,9-14,25,31,42H,7-8,15-23H2,1H3,(H-,37,40,41);4-7,10,13-14,19,23,27,36,38H,2-3,8-9,11-12,15-18H2,1H3,(H,33,37);1H4;2*1H/t31-,35-,36-,38?;23?,27-,31-,32-;;;/m11.../s1. The van der Waals surface area contributed by atoms with E-state index in [1.165, 1.54) is 36.1 Å². The van der Waals surface area contributed by atoms with Crippen LogP contribution in [0.25, 0.3) is 22.1 Å². The molecule has 4 bridgehead atoms. The first-order valence-electron chi connectivity index (χ1n) is 30.0. The molecular weight excluding hydrogens is 1100 g/mol. The van der Waals surface area contributed by atoms with Crippen LogP contribution < -0.4 is 40.3 Å². The Kier molecular flexibility index (Phi) is 16.9. The van der Waals surface area contributed by atoms with E-state index in [0.29, 0.717) is 94.5 Å². The topological polar surface area (TPSA) is 191 Å². The van der Waals surface area contributed by atoms with E-state index in [-0.39, 0.29) is 103 Å². The summed E-state index contributed by atoms with van der Waals surface area (Å²) in [5.41, 5.74) is 5.21. The third kappa shape index (κ3) is 10.5. The fourth-order valence-electron chi connectivity index (χ4n) is 16.9. The first kappa shape index (κ1) is 61.0. The van der Waals surface area contributed by atoms with Gasteiger partial charge in [0, 0.05) is 104 Å². The third-order valence-electron chi connectivity index (χ3n) is 21.4. The van der Waals surface area contributed by atoms with E-state index in [9.17, 15) is 39.6 Å². The van der Waals surface area contributed by atoms with Crippen LogP contribution in [-0.2, 0) is 46.1 Å². The lowest BCUT2D eigenvalue weighted by molar-refractivity contribution is -0.950. The van der Waals surface area contributed by atoms with Gasteiger partial charge >= 0.3 is 0 Å². The zero-order valence-corrected chi connectivity index (χ0v) is 49.2. The van der Waals surface area contributed by atoms with Crippen LogP contribution in [0.15, 0.2) is 114 Å². The highest BCUT2D eigenvalue weighted by molar-refractivity contribution is 5.99. The summed E-state index contributed by atoms with van der Waals surface area (Å²) in [6, 6.07) is 34.1. The van der Waals surface area contributed by atoms with Crippen LogP contribution in [0.2, 0.25) is 0 Å². The minimum absolute atomic E-state index is 0. The number of quaternary nitrogens is 2. The number of nitrogens with zero attached hydrogens (tertiary/aromatic N) is 1. The number of carbonyl (C=O) groups is 4. The maximum Gasteiger partial charge on any atom is 0.255 e. The molecule has 14 rings (SSSR count). The van der Waals surface area contributed by atoms with Crippen molar-refractivity contribution in [2.75, 3.05) is 40.3 Å². The molecule has 15 heteroatoms. The van der Waals surface area contributed by atoms with E-state index in [1.807, 2.05) is 48.5 Å². The molecule has 6 aromatic rings. The molecule has 13 nitrogen and oxygen atoms in total. The molecule has 84 heavy (non-hydrogen) atoms. The second-order valence-electron chi connectivity index (χ2n) is 26.2. The molecule has 0 spiro atoms. The maximum atomic E-state index is 13.4. The zero-order chi connectivity index (χ0) is 56.1. The molecule has 446 valence electrons. The smallest absolute Gasteiger partial charge is 0.255 e. The van der Waals surface area contributed by atoms with Gasteiger partial charge in [0.2, 0.25) is 0 Å². The number of nitrogens with one attached hydrogen (secondary N) is 3.